The standard InChI is InChI=1S/C17H20N4O2/c1-23-16-13(12-18)11-14-15(19-16)5-10-21(17(14)22)9-4-8-20-6-2-3-7-20/h5,10-11H,2-4,6-9H2,1H3. The van der Waals surface area contributed by atoms with Crippen LogP contribution in [0.15, 0.2) is 23.1 Å². The quantitative estimate of drug-likeness (QED) is 0.841. The first kappa shape index (κ1) is 15.5. The Balaban J connectivity index is 1.83. The second-order valence-corrected chi connectivity index (χ2v) is 5.81. The molecule has 0 spiro atoms. The Morgan fingerprint density at radius 1 is 1.35 bits per heavy atom. The van der Waals surface area contributed by atoms with Gasteiger partial charge in [0, 0.05) is 12.7 Å². The summed E-state index contributed by atoms with van der Waals surface area (Å²) < 4.78 is 6.79. The number of fused-ring (bicyclic) bond motifs is 1. The van der Waals surface area contributed by atoms with Crippen LogP contribution in [0.4, 0.5) is 0 Å². The molecule has 0 bridgehead atoms. The van der Waals surface area contributed by atoms with E-state index in [1.807, 2.05) is 6.07 Å². The molecule has 23 heavy (non-hydrogen) atoms. The van der Waals surface area contributed by atoms with Crippen molar-refractivity contribution < 1.29 is 4.74 Å². The van der Waals surface area contributed by atoms with Crippen LogP contribution in [0.3, 0.4) is 0 Å². The van der Waals surface area contributed by atoms with Crippen LogP contribution < -0.4 is 10.3 Å². The molecule has 120 valence electrons. The average molecular weight is 312 g/mol. The van der Waals surface area contributed by atoms with Gasteiger partial charge < -0.3 is 14.2 Å². The molecule has 3 heterocycles. The van der Waals surface area contributed by atoms with Crippen LogP contribution in [0.1, 0.15) is 24.8 Å². The Morgan fingerprint density at radius 2 is 2.13 bits per heavy atom. The lowest BCUT2D eigenvalue weighted by molar-refractivity contribution is 0.324. The zero-order chi connectivity index (χ0) is 16.2. The third-order valence-corrected chi connectivity index (χ3v) is 4.31. The Hall–Kier alpha value is -2.39. The first-order chi connectivity index (χ1) is 11.2. The molecule has 1 fully saturated rings. The van der Waals surface area contributed by atoms with Crippen molar-refractivity contribution in [2.24, 2.45) is 0 Å². The van der Waals surface area contributed by atoms with Gasteiger partial charge in [-0.25, -0.2) is 4.98 Å². The molecule has 0 N–H and O–H groups in total. The molecule has 0 amide bonds. The number of aromatic nitrogens is 2. The zero-order valence-electron chi connectivity index (χ0n) is 13.3. The number of hydrogen-bond acceptors (Lipinski definition) is 5. The molecule has 0 aromatic carbocycles. The second kappa shape index (κ2) is 6.80. The zero-order valence-corrected chi connectivity index (χ0v) is 13.3. The molecule has 2 aromatic rings. The van der Waals surface area contributed by atoms with Gasteiger partial charge in [-0.2, -0.15) is 5.26 Å². The van der Waals surface area contributed by atoms with E-state index in [1.165, 1.54) is 33.0 Å². The number of nitrogens with zero attached hydrogens (tertiary/aromatic N) is 4. The molecule has 1 saturated heterocycles. The van der Waals surface area contributed by atoms with Crippen molar-refractivity contribution in [3.8, 4) is 11.9 Å². The van der Waals surface area contributed by atoms with Gasteiger partial charge in [-0.1, -0.05) is 0 Å². The van der Waals surface area contributed by atoms with Gasteiger partial charge in [0.25, 0.3) is 5.56 Å². The van der Waals surface area contributed by atoms with Crippen LogP contribution in [0.5, 0.6) is 5.88 Å². The van der Waals surface area contributed by atoms with E-state index in [1.54, 1.807) is 22.9 Å². The van der Waals surface area contributed by atoms with E-state index in [0.29, 0.717) is 17.4 Å². The van der Waals surface area contributed by atoms with Gasteiger partial charge >= 0.3 is 0 Å². The molecule has 1 aliphatic rings. The monoisotopic (exact) mass is 312 g/mol. The van der Waals surface area contributed by atoms with E-state index in [2.05, 4.69) is 9.88 Å². The summed E-state index contributed by atoms with van der Waals surface area (Å²) in [4.78, 5) is 19.3. The van der Waals surface area contributed by atoms with Crippen LogP contribution >= 0.6 is 0 Å². The molecule has 2 aromatic heterocycles. The third kappa shape index (κ3) is 3.20. The molecule has 1 aliphatic heterocycles. The number of pyridine rings is 2. The number of rotatable bonds is 5. The highest BCUT2D eigenvalue weighted by molar-refractivity contribution is 5.79. The Bertz CT molecular complexity index is 801. The smallest absolute Gasteiger partial charge is 0.260 e. The number of aryl methyl sites for hydroxylation is 1. The van der Waals surface area contributed by atoms with Crippen molar-refractivity contribution in [1.29, 1.82) is 5.26 Å². The summed E-state index contributed by atoms with van der Waals surface area (Å²) in [6.45, 7) is 4.04. The fraction of sp³-hybridized carbons (Fsp3) is 0.471. The molecule has 0 radical (unpaired) electrons. The van der Waals surface area contributed by atoms with Crippen LogP contribution in [-0.4, -0.2) is 41.2 Å². The van der Waals surface area contributed by atoms with Crippen LogP contribution in [0.2, 0.25) is 0 Å². The van der Waals surface area contributed by atoms with E-state index in [0.717, 1.165) is 13.0 Å². The predicted octanol–water partition coefficient (Wildman–Crippen LogP) is 1.76. The van der Waals surface area contributed by atoms with Gasteiger partial charge in [0.05, 0.1) is 18.0 Å². The summed E-state index contributed by atoms with van der Waals surface area (Å²) in [5, 5.41) is 9.61. The van der Waals surface area contributed by atoms with Crippen molar-refractivity contribution in [2.75, 3.05) is 26.7 Å². The fourth-order valence-corrected chi connectivity index (χ4v) is 3.07. The highest BCUT2D eigenvalue weighted by Gasteiger charge is 2.12. The Labute approximate surface area is 134 Å². The first-order valence-electron chi connectivity index (χ1n) is 7.93. The summed E-state index contributed by atoms with van der Waals surface area (Å²) in [7, 11) is 1.47. The molecular formula is C17H20N4O2. The van der Waals surface area contributed by atoms with E-state index in [-0.39, 0.29) is 17.0 Å². The maximum absolute atomic E-state index is 12.6. The molecule has 6 nitrogen and oxygen atoms in total. The summed E-state index contributed by atoms with van der Waals surface area (Å²) >= 11 is 0. The maximum atomic E-state index is 12.6. The highest BCUT2D eigenvalue weighted by atomic mass is 16.5. The largest absolute Gasteiger partial charge is 0.480 e. The second-order valence-electron chi connectivity index (χ2n) is 5.81. The van der Waals surface area contributed by atoms with Gasteiger partial charge in [0.1, 0.15) is 11.6 Å². The Morgan fingerprint density at radius 3 is 2.83 bits per heavy atom. The lowest BCUT2D eigenvalue weighted by Crippen LogP contribution is -2.25. The molecule has 6 heteroatoms. The van der Waals surface area contributed by atoms with Gasteiger partial charge in [-0.3, -0.25) is 4.79 Å². The third-order valence-electron chi connectivity index (χ3n) is 4.31. The lowest BCUT2D eigenvalue weighted by atomic mass is 10.2. The summed E-state index contributed by atoms with van der Waals surface area (Å²) in [6, 6.07) is 5.40. The number of methoxy groups -OCH3 is 1. The summed E-state index contributed by atoms with van der Waals surface area (Å²) in [5.41, 5.74) is 0.740. The van der Waals surface area contributed by atoms with Crippen LogP contribution in [-0.2, 0) is 6.54 Å². The van der Waals surface area contributed by atoms with Crippen molar-refractivity contribution in [2.45, 2.75) is 25.8 Å². The van der Waals surface area contributed by atoms with Crippen molar-refractivity contribution in [1.82, 2.24) is 14.5 Å². The summed E-state index contributed by atoms with van der Waals surface area (Å²) in [6.07, 6.45) is 5.27. The number of likely N-dealkylation sites (tertiary alicyclic amines) is 1. The topological polar surface area (TPSA) is 71.2 Å². The minimum Gasteiger partial charge on any atom is -0.480 e. The van der Waals surface area contributed by atoms with Crippen LogP contribution in [0.25, 0.3) is 10.9 Å². The van der Waals surface area contributed by atoms with Crippen LogP contribution in [0, 0.1) is 11.3 Å². The van der Waals surface area contributed by atoms with Crippen molar-refractivity contribution >= 4 is 10.9 Å². The van der Waals surface area contributed by atoms with Gasteiger partial charge in [0.15, 0.2) is 0 Å². The first-order valence-corrected chi connectivity index (χ1v) is 7.93. The molecule has 0 saturated carbocycles. The van der Waals surface area contributed by atoms with Gasteiger partial charge in [0.2, 0.25) is 5.88 Å². The van der Waals surface area contributed by atoms with Crippen molar-refractivity contribution in [3.05, 3.63) is 34.2 Å². The maximum Gasteiger partial charge on any atom is 0.260 e. The van der Waals surface area contributed by atoms with Gasteiger partial charge in [-0.05, 0) is 51.0 Å². The van der Waals surface area contributed by atoms with E-state index in [9.17, 15) is 4.79 Å². The summed E-state index contributed by atoms with van der Waals surface area (Å²) in [5.74, 6) is 0.256. The molecule has 0 atom stereocenters. The number of ether oxygens (including phenoxy) is 1. The van der Waals surface area contributed by atoms with E-state index < -0.39 is 0 Å². The average Bonchev–Trinajstić information content (AvgIpc) is 3.09. The van der Waals surface area contributed by atoms with E-state index >= 15 is 0 Å². The lowest BCUT2D eigenvalue weighted by Gasteiger charge is -2.15. The highest BCUT2D eigenvalue weighted by Crippen LogP contribution is 2.19. The molecular weight excluding hydrogens is 292 g/mol. The molecule has 0 unspecified atom stereocenters. The number of hydrogen-bond donors (Lipinski definition) is 0. The van der Waals surface area contributed by atoms with Gasteiger partial charge in [-0.15, -0.1) is 0 Å². The fourth-order valence-electron chi connectivity index (χ4n) is 3.07. The minimum atomic E-state index is -0.101. The molecule has 3 rings (SSSR count). The van der Waals surface area contributed by atoms with E-state index in [4.69, 9.17) is 10.00 Å². The Kier molecular flexibility index (Phi) is 4.58. The molecule has 0 aliphatic carbocycles. The van der Waals surface area contributed by atoms with Crippen molar-refractivity contribution in [3.63, 3.8) is 0 Å². The predicted molar refractivity (Wildman–Crippen MR) is 87.6 cm³/mol. The number of nitriles is 1. The SMILES string of the molecule is COc1nc2ccn(CCCN3CCCC3)c(=O)c2cc1C#N. The normalized spacial score (nSPS) is 15.0. The minimum absolute atomic E-state index is 0.101.